The van der Waals surface area contributed by atoms with E-state index >= 15 is 0 Å². The third-order valence-corrected chi connectivity index (χ3v) is 6.06. The van der Waals surface area contributed by atoms with E-state index in [0.717, 1.165) is 44.9 Å². The van der Waals surface area contributed by atoms with Crippen molar-refractivity contribution in [3.8, 4) is 22.6 Å². The molecule has 3 aromatic rings. The number of phenols is 1. The Labute approximate surface area is 236 Å². The number of aromatic hydroxyl groups is 1. The molecule has 2 aromatic carbocycles. The first kappa shape index (κ1) is 30.2. The van der Waals surface area contributed by atoms with Gasteiger partial charge in [-0.3, -0.25) is 9.59 Å². The van der Waals surface area contributed by atoms with Crippen molar-refractivity contribution >= 4 is 16.9 Å². The molecular weight excluding hydrogens is 500 g/mol. The first-order valence-electron chi connectivity index (χ1n) is 13.9. The van der Waals surface area contributed by atoms with E-state index in [2.05, 4.69) is 67.7 Å². The zero-order valence-corrected chi connectivity index (χ0v) is 23.1. The Hall–Kier alpha value is -4.38. The van der Waals surface area contributed by atoms with E-state index in [4.69, 9.17) is 9.15 Å². The lowest BCUT2D eigenvalue weighted by Crippen LogP contribution is -2.07. The Bertz CT molecular complexity index is 1420. The van der Waals surface area contributed by atoms with Crippen LogP contribution in [0.25, 0.3) is 22.1 Å². The number of hydrogen-bond donors (Lipinski definition) is 1. The minimum Gasteiger partial charge on any atom is -0.508 e. The van der Waals surface area contributed by atoms with Crippen LogP contribution in [0.15, 0.2) is 119 Å². The quantitative estimate of drug-likeness (QED) is 0.0904. The maximum Gasteiger partial charge on any atom is 0.311 e. The lowest BCUT2D eigenvalue weighted by Gasteiger charge is -2.06. The Morgan fingerprint density at radius 3 is 2.05 bits per heavy atom. The first-order chi connectivity index (χ1) is 19.6. The van der Waals surface area contributed by atoms with Crippen LogP contribution in [0.3, 0.4) is 0 Å². The molecule has 0 radical (unpaired) electrons. The molecule has 208 valence electrons. The standard InChI is InChI=1S/C35H38O5/c1-2-3-4-5-6-7-8-9-10-11-12-13-14-15-16-17-18-19-34(37)40-30-23-20-28(21-24-30)32-27-39-33-26-29(36)22-25-31(33)35(32)38/h3-4,6-7,9-10,12-13,15-16,20-27,36H,2,5,8,11,14,17-19H2,1H3/b4-3-,7-6-,10-9-,13-12-,16-15-. The van der Waals surface area contributed by atoms with Gasteiger partial charge in [0.25, 0.3) is 0 Å². The smallest absolute Gasteiger partial charge is 0.311 e. The first-order valence-corrected chi connectivity index (χ1v) is 13.9. The van der Waals surface area contributed by atoms with Crippen LogP contribution in [-0.4, -0.2) is 11.1 Å². The lowest BCUT2D eigenvalue weighted by molar-refractivity contribution is -0.134. The number of carbonyl (C=O) groups is 1. The average molecular weight is 539 g/mol. The van der Waals surface area contributed by atoms with Crippen molar-refractivity contribution < 1.29 is 19.1 Å². The van der Waals surface area contributed by atoms with E-state index in [1.165, 1.54) is 24.5 Å². The average Bonchev–Trinajstić information content (AvgIpc) is 2.95. The summed E-state index contributed by atoms with van der Waals surface area (Å²) in [4.78, 5) is 25.0. The SMILES string of the molecule is CC/C=C\C/C=C\C/C=C\C/C=C\C/C=C\CCCC(=O)Oc1ccc(-c2coc3cc(O)ccc3c2=O)cc1. The number of hydrogen-bond acceptors (Lipinski definition) is 5. The Morgan fingerprint density at radius 2 is 1.43 bits per heavy atom. The number of phenolic OH excluding ortho intramolecular Hbond substituents is 1. The van der Waals surface area contributed by atoms with Gasteiger partial charge in [0.05, 0.1) is 10.9 Å². The minimum absolute atomic E-state index is 0.0347. The Morgan fingerprint density at radius 1 is 0.825 bits per heavy atom. The molecule has 0 aliphatic heterocycles. The lowest BCUT2D eigenvalue weighted by atomic mass is 10.1. The highest BCUT2D eigenvalue weighted by Gasteiger charge is 2.11. The minimum atomic E-state index is -0.287. The summed E-state index contributed by atoms with van der Waals surface area (Å²) >= 11 is 0. The molecule has 1 heterocycles. The van der Waals surface area contributed by atoms with Crippen molar-refractivity contribution in [2.45, 2.75) is 58.3 Å². The topological polar surface area (TPSA) is 76.7 Å². The van der Waals surface area contributed by atoms with Gasteiger partial charge in [-0.25, -0.2) is 0 Å². The van der Waals surface area contributed by atoms with Crippen LogP contribution in [0.4, 0.5) is 0 Å². The van der Waals surface area contributed by atoms with Crippen molar-refractivity contribution in [2.24, 2.45) is 0 Å². The normalized spacial score (nSPS) is 12.2. The second-order valence-electron chi connectivity index (χ2n) is 9.26. The summed E-state index contributed by atoms with van der Waals surface area (Å²) in [6.45, 7) is 2.14. The molecule has 0 fully saturated rings. The van der Waals surface area contributed by atoms with Gasteiger partial charge in [-0.2, -0.15) is 0 Å². The number of carbonyl (C=O) groups excluding carboxylic acids is 1. The van der Waals surface area contributed by atoms with Gasteiger partial charge in [0.1, 0.15) is 23.3 Å². The summed E-state index contributed by atoms with van der Waals surface area (Å²) in [5, 5.41) is 9.96. The van der Waals surface area contributed by atoms with E-state index in [-0.39, 0.29) is 17.1 Å². The van der Waals surface area contributed by atoms with Gasteiger partial charge in [0, 0.05) is 12.5 Å². The zero-order chi connectivity index (χ0) is 28.4. The summed E-state index contributed by atoms with van der Waals surface area (Å²) in [7, 11) is 0. The number of benzene rings is 2. The zero-order valence-electron chi connectivity index (χ0n) is 23.1. The number of fused-ring (bicyclic) bond motifs is 1. The molecule has 0 aliphatic rings. The molecule has 0 spiro atoms. The molecule has 0 aliphatic carbocycles. The number of ether oxygens (including phenoxy) is 1. The third-order valence-electron chi connectivity index (χ3n) is 6.06. The molecule has 0 atom stereocenters. The molecule has 5 nitrogen and oxygen atoms in total. The van der Waals surface area contributed by atoms with E-state index in [9.17, 15) is 14.7 Å². The monoisotopic (exact) mass is 538 g/mol. The van der Waals surface area contributed by atoms with Gasteiger partial charge >= 0.3 is 5.97 Å². The number of allylic oxidation sites excluding steroid dienone is 10. The molecule has 1 aromatic heterocycles. The third kappa shape index (κ3) is 10.4. The number of esters is 1. The molecule has 40 heavy (non-hydrogen) atoms. The van der Waals surface area contributed by atoms with Gasteiger partial charge in [-0.05, 0) is 74.8 Å². The van der Waals surface area contributed by atoms with E-state index in [1.54, 1.807) is 24.3 Å². The fourth-order valence-corrected chi connectivity index (χ4v) is 3.93. The molecule has 1 N–H and O–H groups in total. The van der Waals surface area contributed by atoms with E-state index in [1.807, 2.05) is 0 Å². The summed E-state index contributed by atoms with van der Waals surface area (Å²) in [6, 6.07) is 11.2. The summed E-state index contributed by atoms with van der Waals surface area (Å²) < 4.78 is 10.9. The van der Waals surface area contributed by atoms with Crippen LogP contribution in [0.2, 0.25) is 0 Å². The second kappa shape index (κ2) is 17.3. The molecule has 3 rings (SSSR count). The molecule has 0 saturated carbocycles. The van der Waals surface area contributed by atoms with E-state index < -0.39 is 0 Å². The van der Waals surface area contributed by atoms with Gasteiger partial charge in [0.2, 0.25) is 0 Å². The van der Waals surface area contributed by atoms with Crippen molar-refractivity contribution in [1.29, 1.82) is 0 Å². The fourth-order valence-electron chi connectivity index (χ4n) is 3.93. The predicted molar refractivity (Wildman–Crippen MR) is 164 cm³/mol. The van der Waals surface area contributed by atoms with Crippen molar-refractivity contribution in [2.75, 3.05) is 0 Å². The molecule has 0 saturated heterocycles. The maximum atomic E-state index is 12.8. The molecule has 0 amide bonds. The van der Waals surface area contributed by atoms with Crippen LogP contribution in [0.1, 0.15) is 58.3 Å². The van der Waals surface area contributed by atoms with Crippen LogP contribution in [-0.2, 0) is 4.79 Å². The summed E-state index contributed by atoms with van der Waals surface area (Å²) in [5.74, 6) is 0.177. The second-order valence-corrected chi connectivity index (χ2v) is 9.26. The van der Waals surface area contributed by atoms with E-state index in [0.29, 0.717) is 34.3 Å². The Balaban J connectivity index is 1.31. The van der Waals surface area contributed by atoms with Crippen LogP contribution in [0.5, 0.6) is 11.5 Å². The molecule has 0 unspecified atom stereocenters. The van der Waals surface area contributed by atoms with Gasteiger partial charge < -0.3 is 14.3 Å². The van der Waals surface area contributed by atoms with Gasteiger partial charge in [-0.1, -0.05) is 79.8 Å². The van der Waals surface area contributed by atoms with Crippen LogP contribution >= 0.6 is 0 Å². The van der Waals surface area contributed by atoms with Crippen LogP contribution in [0, 0.1) is 0 Å². The van der Waals surface area contributed by atoms with Crippen molar-refractivity contribution in [3.05, 3.63) is 120 Å². The molecule has 0 bridgehead atoms. The molecular formula is C35H38O5. The Kier molecular flexibility index (Phi) is 13.0. The number of rotatable bonds is 15. The van der Waals surface area contributed by atoms with Crippen molar-refractivity contribution in [3.63, 3.8) is 0 Å². The maximum absolute atomic E-state index is 12.8. The van der Waals surface area contributed by atoms with Gasteiger partial charge in [0.15, 0.2) is 5.43 Å². The van der Waals surface area contributed by atoms with Crippen LogP contribution < -0.4 is 10.2 Å². The highest BCUT2D eigenvalue weighted by atomic mass is 16.5. The summed E-state index contributed by atoms with van der Waals surface area (Å²) in [5.41, 5.74) is 1.18. The predicted octanol–water partition coefficient (Wildman–Crippen LogP) is 8.99. The van der Waals surface area contributed by atoms with Crippen molar-refractivity contribution in [1.82, 2.24) is 0 Å². The highest BCUT2D eigenvalue weighted by molar-refractivity contribution is 5.82. The highest BCUT2D eigenvalue weighted by Crippen LogP contribution is 2.24. The molecule has 5 heteroatoms. The number of unbranched alkanes of at least 4 members (excludes halogenated alkanes) is 1. The van der Waals surface area contributed by atoms with Gasteiger partial charge in [-0.15, -0.1) is 0 Å². The summed E-state index contributed by atoms with van der Waals surface area (Å²) in [6.07, 6.45) is 29.8. The largest absolute Gasteiger partial charge is 0.508 e. The fraction of sp³-hybridized carbons (Fsp3) is 0.257.